The number of carbonyl (C=O) groups excluding carboxylic acids is 2. The Morgan fingerprint density at radius 2 is 0.771 bits per heavy atom. The Morgan fingerprint density at radius 1 is 0.543 bits per heavy atom. The summed E-state index contributed by atoms with van der Waals surface area (Å²) in [5, 5.41) is 42.1. The lowest BCUT2D eigenvalue weighted by molar-refractivity contribution is -0.170. The molecule has 0 heterocycles. The van der Waals surface area contributed by atoms with Gasteiger partial charge in [-0.15, -0.1) is 0 Å². The van der Waals surface area contributed by atoms with E-state index in [9.17, 15) is 30.0 Å². The van der Waals surface area contributed by atoms with Gasteiger partial charge in [0.05, 0.1) is 22.4 Å². The fourth-order valence-corrected chi connectivity index (χ4v) is 5.61. The third kappa shape index (κ3) is 8.99. The van der Waals surface area contributed by atoms with Gasteiger partial charge in [-0.05, 0) is 118 Å². The number of aliphatic hydroxyl groups is 4. The van der Waals surface area contributed by atoms with Crippen LogP contribution in [-0.4, -0.2) is 67.0 Å². The third-order valence-corrected chi connectivity index (χ3v) is 8.21. The van der Waals surface area contributed by atoms with Gasteiger partial charge in [-0.25, -0.2) is 0 Å². The molecule has 0 spiro atoms. The van der Waals surface area contributed by atoms with Gasteiger partial charge >= 0.3 is 11.9 Å². The molecular weight excluding hydrogens is 452 g/mol. The molecule has 4 N–H and O–H groups in total. The van der Waals surface area contributed by atoms with Gasteiger partial charge in [0, 0.05) is 0 Å². The second kappa shape index (κ2) is 10.6. The Morgan fingerprint density at radius 3 is 0.971 bits per heavy atom. The summed E-state index contributed by atoms with van der Waals surface area (Å²) < 4.78 is 11.2. The van der Waals surface area contributed by atoms with Crippen molar-refractivity contribution in [2.45, 2.75) is 135 Å². The van der Waals surface area contributed by atoms with Crippen LogP contribution in [0.2, 0.25) is 0 Å². The minimum absolute atomic E-state index is 0.155. The molecule has 8 heteroatoms. The van der Waals surface area contributed by atoms with Gasteiger partial charge in [-0.1, -0.05) is 0 Å². The van der Waals surface area contributed by atoms with Crippen LogP contribution in [0.1, 0.15) is 100 Å². The zero-order valence-corrected chi connectivity index (χ0v) is 22.8. The van der Waals surface area contributed by atoms with Gasteiger partial charge in [0.25, 0.3) is 0 Å². The SMILES string of the molecule is CC(C)(O)C1CC(OC(=O)CC(=O)OC2CC(C(C)(C)O)CC(C(C)(C)O)C2)CC(C(C)(C)O)C1. The van der Waals surface area contributed by atoms with Crippen LogP contribution in [0.4, 0.5) is 0 Å². The van der Waals surface area contributed by atoms with E-state index in [1.807, 2.05) is 0 Å². The van der Waals surface area contributed by atoms with Crippen LogP contribution in [0.15, 0.2) is 0 Å². The highest BCUT2D eigenvalue weighted by Gasteiger charge is 2.44. The van der Waals surface area contributed by atoms with Gasteiger partial charge in [-0.3, -0.25) is 9.59 Å². The molecule has 2 fully saturated rings. The Hall–Kier alpha value is -1.22. The number of ether oxygens (including phenoxy) is 2. The van der Waals surface area contributed by atoms with Crippen molar-refractivity contribution in [1.82, 2.24) is 0 Å². The molecule has 4 unspecified atom stereocenters. The van der Waals surface area contributed by atoms with Crippen molar-refractivity contribution in [1.29, 1.82) is 0 Å². The lowest BCUT2D eigenvalue weighted by atomic mass is 9.68. The minimum Gasteiger partial charge on any atom is -0.462 e. The molecule has 0 aromatic rings. The molecule has 2 saturated carbocycles. The van der Waals surface area contributed by atoms with E-state index in [0.717, 1.165) is 0 Å². The average molecular weight is 501 g/mol. The van der Waals surface area contributed by atoms with E-state index in [1.165, 1.54) is 0 Å². The number of rotatable bonds is 8. The minimum atomic E-state index is -0.984. The first-order valence-electron chi connectivity index (χ1n) is 12.9. The summed E-state index contributed by atoms with van der Waals surface area (Å²) in [4.78, 5) is 25.2. The van der Waals surface area contributed by atoms with E-state index >= 15 is 0 Å². The molecule has 0 saturated heterocycles. The highest BCUT2D eigenvalue weighted by atomic mass is 16.6. The number of esters is 2. The quantitative estimate of drug-likeness (QED) is 0.295. The molecule has 8 nitrogen and oxygen atoms in total. The second-order valence-electron chi connectivity index (χ2n) is 13.2. The number of carbonyl (C=O) groups is 2. The van der Waals surface area contributed by atoms with Crippen molar-refractivity contribution in [2.75, 3.05) is 0 Å². The van der Waals surface area contributed by atoms with Crippen molar-refractivity contribution in [3.05, 3.63) is 0 Å². The molecule has 204 valence electrons. The predicted octanol–water partition coefficient (Wildman–Crippen LogP) is 3.12. The molecule has 0 bridgehead atoms. The van der Waals surface area contributed by atoms with Crippen molar-refractivity contribution >= 4 is 11.9 Å². The molecule has 0 radical (unpaired) electrons. The molecule has 0 aliphatic heterocycles. The van der Waals surface area contributed by atoms with Crippen LogP contribution < -0.4 is 0 Å². The summed E-state index contributed by atoms with van der Waals surface area (Å²) in [6.07, 6.45) is 1.52. The van der Waals surface area contributed by atoms with E-state index in [1.54, 1.807) is 55.4 Å². The molecular formula is C27H48O8. The van der Waals surface area contributed by atoms with E-state index < -0.39 is 53.0 Å². The summed E-state index contributed by atoms with van der Waals surface area (Å²) in [6.45, 7) is 13.7. The molecule has 0 amide bonds. The van der Waals surface area contributed by atoms with Crippen molar-refractivity contribution in [3.63, 3.8) is 0 Å². The average Bonchev–Trinajstić information content (AvgIpc) is 2.64. The van der Waals surface area contributed by atoms with Crippen molar-refractivity contribution < 1.29 is 39.5 Å². The zero-order chi connectivity index (χ0) is 27.0. The highest BCUT2D eigenvalue weighted by Crippen LogP contribution is 2.43. The topological polar surface area (TPSA) is 134 Å². The third-order valence-electron chi connectivity index (χ3n) is 8.21. The lowest BCUT2D eigenvalue weighted by Crippen LogP contribution is -2.46. The molecule has 2 aliphatic carbocycles. The van der Waals surface area contributed by atoms with E-state index in [-0.39, 0.29) is 23.7 Å². The van der Waals surface area contributed by atoms with Gasteiger partial charge in [0.15, 0.2) is 0 Å². The van der Waals surface area contributed by atoms with Crippen LogP contribution in [0.3, 0.4) is 0 Å². The Kier molecular flexibility index (Phi) is 9.12. The molecule has 0 aromatic carbocycles. The predicted molar refractivity (Wildman–Crippen MR) is 131 cm³/mol. The van der Waals surface area contributed by atoms with Crippen LogP contribution in [0, 0.1) is 23.7 Å². The summed E-state index contributed by atoms with van der Waals surface area (Å²) in [5.41, 5.74) is -3.93. The standard InChI is InChI=1S/C27H48O8/c1-24(2,30)16-9-17(25(3,4)31)12-20(11-16)34-22(28)15-23(29)35-21-13-18(26(5,6)32)10-19(14-21)27(7,8)33/h16-21,30-33H,9-15H2,1-8H3. The molecule has 0 aromatic heterocycles. The fourth-order valence-electron chi connectivity index (χ4n) is 5.61. The van der Waals surface area contributed by atoms with E-state index in [4.69, 9.17) is 9.47 Å². The Balaban J connectivity index is 1.99. The van der Waals surface area contributed by atoms with Gasteiger partial charge < -0.3 is 29.9 Å². The largest absolute Gasteiger partial charge is 0.462 e. The highest BCUT2D eigenvalue weighted by molar-refractivity contribution is 5.91. The maximum atomic E-state index is 12.6. The number of hydrogen-bond donors (Lipinski definition) is 4. The van der Waals surface area contributed by atoms with Crippen LogP contribution in [-0.2, 0) is 19.1 Å². The smallest absolute Gasteiger partial charge is 0.317 e. The monoisotopic (exact) mass is 500 g/mol. The number of hydrogen-bond acceptors (Lipinski definition) is 8. The Labute approximate surface area is 210 Å². The van der Waals surface area contributed by atoms with Gasteiger partial charge in [0.2, 0.25) is 0 Å². The summed E-state index contributed by atoms with van der Waals surface area (Å²) in [7, 11) is 0. The molecule has 2 aliphatic rings. The maximum absolute atomic E-state index is 12.6. The normalized spacial score (nSPS) is 31.1. The first-order chi connectivity index (χ1) is 15.7. The van der Waals surface area contributed by atoms with E-state index in [0.29, 0.717) is 38.5 Å². The fraction of sp³-hybridized carbons (Fsp3) is 0.926. The zero-order valence-electron chi connectivity index (χ0n) is 22.8. The first-order valence-corrected chi connectivity index (χ1v) is 12.9. The summed E-state index contributed by atoms with van der Waals surface area (Å²) >= 11 is 0. The lowest BCUT2D eigenvalue weighted by Gasteiger charge is -2.44. The first kappa shape index (κ1) is 30.0. The van der Waals surface area contributed by atoms with Crippen LogP contribution in [0.25, 0.3) is 0 Å². The summed E-state index contributed by atoms with van der Waals surface area (Å²) in [6, 6.07) is 0. The van der Waals surface area contributed by atoms with Gasteiger partial charge in [0.1, 0.15) is 18.6 Å². The van der Waals surface area contributed by atoms with Crippen LogP contribution >= 0.6 is 0 Å². The summed E-state index contributed by atoms with van der Waals surface area (Å²) in [5.74, 6) is -2.01. The van der Waals surface area contributed by atoms with E-state index in [2.05, 4.69) is 0 Å². The van der Waals surface area contributed by atoms with Crippen molar-refractivity contribution in [2.24, 2.45) is 23.7 Å². The van der Waals surface area contributed by atoms with Gasteiger partial charge in [-0.2, -0.15) is 0 Å². The molecule has 2 rings (SSSR count). The molecule has 35 heavy (non-hydrogen) atoms. The maximum Gasteiger partial charge on any atom is 0.317 e. The van der Waals surface area contributed by atoms with Crippen LogP contribution in [0.5, 0.6) is 0 Å². The van der Waals surface area contributed by atoms with Crippen molar-refractivity contribution in [3.8, 4) is 0 Å². The molecule has 4 atom stereocenters. The Bertz CT molecular complexity index is 628. The second-order valence-corrected chi connectivity index (χ2v) is 13.2.